The molecule has 0 saturated carbocycles. The molecule has 0 spiro atoms. The summed E-state index contributed by atoms with van der Waals surface area (Å²) in [5.41, 5.74) is 1.41. The molecule has 1 rings (SSSR count). The standard InChI is InChI=1S/C14H25N/c1-4-6-7-14(5-2)12-15-10-8-13(3)9-11-15/h5,7,13H,2,4,6,8-12H2,1,3H3/b14-7+. The maximum absolute atomic E-state index is 3.90. The van der Waals surface area contributed by atoms with Gasteiger partial charge in [0.25, 0.3) is 0 Å². The van der Waals surface area contributed by atoms with Gasteiger partial charge in [-0.15, -0.1) is 0 Å². The Labute approximate surface area is 94.9 Å². The van der Waals surface area contributed by atoms with Crippen molar-refractivity contribution in [2.75, 3.05) is 19.6 Å². The molecule has 0 aliphatic carbocycles. The van der Waals surface area contributed by atoms with Crippen LogP contribution in [-0.2, 0) is 0 Å². The number of likely N-dealkylation sites (tertiary alicyclic amines) is 1. The minimum Gasteiger partial charge on any atom is -0.299 e. The normalized spacial score (nSPS) is 20.5. The molecule has 0 aromatic carbocycles. The first kappa shape index (κ1) is 12.5. The zero-order valence-electron chi connectivity index (χ0n) is 10.3. The van der Waals surface area contributed by atoms with Crippen LogP contribution in [0.15, 0.2) is 24.3 Å². The highest BCUT2D eigenvalue weighted by Crippen LogP contribution is 2.17. The molecule has 0 aromatic heterocycles. The first-order chi connectivity index (χ1) is 7.26. The third-order valence-corrected chi connectivity index (χ3v) is 3.24. The molecule has 1 aliphatic heterocycles. The largest absolute Gasteiger partial charge is 0.299 e. The van der Waals surface area contributed by atoms with Crippen molar-refractivity contribution >= 4 is 0 Å². The molecule has 0 unspecified atom stereocenters. The van der Waals surface area contributed by atoms with Crippen molar-refractivity contribution in [3.05, 3.63) is 24.3 Å². The lowest BCUT2D eigenvalue weighted by molar-refractivity contribution is 0.207. The summed E-state index contributed by atoms with van der Waals surface area (Å²) in [6.45, 7) is 12.1. The summed E-state index contributed by atoms with van der Waals surface area (Å²) in [7, 11) is 0. The molecule has 0 atom stereocenters. The molecule has 1 fully saturated rings. The summed E-state index contributed by atoms with van der Waals surface area (Å²) >= 11 is 0. The van der Waals surface area contributed by atoms with Gasteiger partial charge in [0.2, 0.25) is 0 Å². The molecule has 1 heteroatoms. The van der Waals surface area contributed by atoms with Crippen molar-refractivity contribution < 1.29 is 0 Å². The molecule has 0 bridgehead atoms. The van der Waals surface area contributed by atoms with E-state index in [4.69, 9.17) is 0 Å². The van der Waals surface area contributed by atoms with Crippen LogP contribution in [0.25, 0.3) is 0 Å². The average Bonchev–Trinajstić information content (AvgIpc) is 2.27. The van der Waals surface area contributed by atoms with Gasteiger partial charge in [-0.3, -0.25) is 4.90 Å². The van der Waals surface area contributed by atoms with E-state index in [0.29, 0.717) is 0 Å². The van der Waals surface area contributed by atoms with Crippen LogP contribution in [-0.4, -0.2) is 24.5 Å². The third-order valence-electron chi connectivity index (χ3n) is 3.24. The maximum atomic E-state index is 3.90. The van der Waals surface area contributed by atoms with Crippen LogP contribution in [0, 0.1) is 5.92 Å². The van der Waals surface area contributed by atoms with Gasteiger partial charge in [-0.2, -0.15) is 0 Å². The van der Waals surface area contributed by atoms with Crippen LogP contribution in [0.1, 0.15) is 39.5 Å². The maximum Gasteiger partial charge on any atom is 0.0230 e. The second-order valence-electron chi connectivity index (χ2n) is 4.73. The average molecular weight is 207 g/mol. The molecule has 0 amide bonds. The summed E-state index contributed by atoms with van der Waals surface area (Å²) in [6, 6.07) is 0. The summed E-state index contributed by atoms with van der Waals surface area (Å²) in [6.07, 6.45) is 9.50. The number of hydrogen-bond acceptors (Lipinski definition) is 1. The predicted molar refractivity (Wildman–Crippen MR) is 68.0 cm³/mol. The van der Waals surface area contributed by atoms with Gasteiger partial charge in [0.05, 0.1) is 0 Å². The summed E-state index contributed by atoms with van der Waals surface area (Å²) in [5.74, 6) is 0.924. The number of piperidine rings is 1. The van der Waals surface area contributed by atoms with E-state index in [0.717, 1.165) is 12.5 Å². The predicted octanol–water partition coefficient (Wildman–Crippen LogP) is 3.63. The van der Waals surface area contributed by atoms with Gasteiger partial charge in [-0.05, 0) is 43.8 Å². The molecular formula is C14H25N. The molecule has 1 aliphatic rings. The van der Waals surface area contributed by atoms with E-state index < -0.39 is 0 Å². The highest BCUT2D eigenvalue weighted by atomic mass is 15.1. The second kappa shape index (κ2) is 6.84. The van der Waals surface area contributed by atoms with Gasteiger partial charge in [-0.1, -0.05) is 39.0 Å². The fraction of sp³-hybridized carbons (Fsp3) is 0.714. The molecule has 0 N–H and O–H groups in total. The Hall–Kier alpha value is -0.560. The zero-order chi connectivity index (χ0) is 11.1. The van der Waals surface area contributed by atoms with E-state index in [1.807, 2.05) is 6.08 Å². The molecule has 15 heavy (non-hydrogen) atoms. The van der Waals surface area contributed by atoms with E-state index >= 15 is 0 Å². The molecule has 1 heterocycles. The topological polar surface area (TPSA) is 3.24 Å². The monoisotopic (exact) mass is 207 g/mol. The summed E-state index contributed by atoms with van der Waals surface area (Å²) < 4.78 is 0. The van der Waals surface area contributed by atoms with E-state index in [1.54, 1.807) is 0 Å². The van der Waals surface area contributed by atoms with E-state index in [-0.39, 0.29) is 0 Å². The molecule has 1 nitrogen and oxygen atoms in total. The zero-order valence-corrected chi connectivity index (χ0v) is 10.3. The van der Waals surface area contributed by atoms with Crippen LogP contribution in [0.2, 0.25) is 0 Å². The lowest BCUT2D eigenvalue weighted by atomic mass is 9.99. The molecular weight excluding hydrogens is 182 g/mol. The van der Waals surface area contributed by atoms with E-state index in [1.165, 1.54) is 44.3 Å². The number of rotatable bonds is 5. The van der Waals surface area contributed by atoms with Gasteiger partial charge in [0.15, 0.2) is 0 Å². The van der Waals surface area contributed by atoms with Crippen LogP contribution in [0.3, 0.4) is 0 Å². The lowest BCUT2D eigenvalue weighted by Gasteiger charge is -2.30. The molecule has 0 aromatic rings. The van der Waals surface area contributed by atoms with Gasteiger partial charge < -0.3 is 0 Å². The van der Waals surface area contributed by atoms with E-state index in [9.17, 15) is 0 Å². The van der Waals surface area contributed by atoms with Crippen LogP contribution in [0.4, 0.5) is 0 Å². The van der Waals surface area contributed by atoms with Crippen molar-refractivity contribution in [2.45, 2.75) is 39.5 Å². The Bertz CT molecular complexity index is 209. The minimum absolute atomic E-state index is 0.924. The van der Waals surface area contributed by atoms with Gasteiger partial charge >= 0.3 is 0 Å². The number of nitrogens with zero attached hydrogens (tertiary/aromatic N) is 1. The fourth-order valence-electron chi connectivity index (χ4n) is 2.02. The van der Waals surface area contributed by atoms with Crippen molar-refractivity contribution in [1.82, 2.24) is 4.90 Å². The number of hydrogen-bond donors (Lipinski definition) is 0. The fourth-order valence-corrected chi connectivity index (χ4v) is 2.02. The Balaban J connectivity index is 2.35. The number of unbranched alkanes of at least 4 members (excludes halogenated alkanes) is 1. The van der Waals surface area contributed by atoms with E-state index in [2.05, 4.69) is 31.4 Å². The Morgan fingerprint density at radius 1 is 1.40 bits per heavy atom. The lowest BCUT2D eigenvalue weighted by Crippen LogP contribution is -2.34. The van der Waals surface area contributed by atoms with Crippen molar-refractivity contribution in [3.8, 4) is 0 Å². The van der Waals surface area contributed by atoms with Crippen molar-refractivity contribution in [3.63, 3.8) is 0 Å². The molecule has 0 radical (unpaired) electrons. The summed E-state index contributed by atoms with van der Waals surface area (Å²) in [5, 5.41) is 0. The first-order valence-corrected chi connectivity index (χ1v) is 6.30. The number of allylic oxidation sites excluding steroid dienone is 1. The van der Waals surface area contributed by atoms with Gasteiger partial charge in [0, 0.05) is 6.54 Å². The van der Waals surface area contributed by atoms with Crippen LogP contribution >= 0.6 is 0 Å². The van der Waals surface area contributed by atoms with Gasteiger partial charge in [-0.25, -0.2) is 0 Å². The second-order valence-corrected chi connectivity index (χ2v) is 4.73. The first-order valence-electron chi connectivity index (χ1n) is 6.30. The quantitative estimate of drug-likeness (QED) is 0.622. The third kappa shape index (κ3) is 4.65. The van der Waals surface area contributed by atoms with Gasteiger partial charge in [0.1, 0.15) is 0 Å². The highest BCUT2D eigenvalue weighted by molar-refractivity contribution is 5.17. The Kier molecular flexibility index (Phi) is 5.70. The highest BCUT2D eigenvalue weighted by Gasteiger charge is 2.15. The minimum atomic E-state index is 0.924. The summed E-state index contributed by atoms with van der Waals surface area (Å²) in [4.78, 5) is 2.56. The smallest absolute Gasteiger partial charge is 0.0230 e. The van der Waals surface area contributed by atoms with Crippen LogP contribution in [0.5, 0.6) is 0 Å². The van der Waals surface area contributed by atoms with Crippen molar-refractivity contribution in [1.29, 1.82) is 0 Å². The van der Waals surface area contributed by atoms with Crippen LogP contribution < -0.4 is 0 Å². The molecule has 86 valence electrons. The SMILES string of the molecule is C=C/C(=C\CCC)CN1CCC(C)CC1. The van der Waals surface area contributed by atoms with Crippen molar-refractivity contribution in [2.24, 2.45) is 5.92 Å². The Morgan fingerprint density at radius 2 is 2.07 bits per heavy atom. The molecule has 1 saturated heterocycles. The Morgan fingerprint density at radius 3 is 2.60 bits per heavy atom.